The highest BCUT2D eigenvalue weighted by Crippen LogP contribution is 2.43. The Kier molecular flexibility index (Phi) is 3.57. The molecule has 2 nitrogen and oxygen atoms in total. The fourth-order valence-corrected chi connectivity index (χ4v) is 3.75. The second kappa shape index (κ2) is 5.35. The normalized spacial score (nSPS) is 22.5. The Morgan fingerprint density at radius 1 is 1.00 bits per heavy atom. The molecule has 100 valence electrons. The summed E-state index contributed by atoms with van der Waals surface area (Å²) in [7, 11) is 0. The van der Waals surface area contributed by atoms with Crippen molar-refractivity contribution in [3.8, 4) is 6.07 Å². The lowest BCUT2D eigenvalue weighted by atomic mass is 9.73. The number of benzene rings is 1. The summed E-state index contributed by atoms with van der Waals surface area (Å²) >= 11 is 0. The minimum Gasteiger partial charge on any atom is -0.298 e. The zero-order chi connectivity index (χ0) is 13.1. The zero-order valence-electron chi connectivity index (χ0n) is 11.6. The van der Waals surface area contributed by atoms with E-state index in [9.17, 15) is 0 Å². The van der Waals surface area contributed by atoms with Crippen LogP contribution >= 0.6 is 0 Å². The molecule has 19 heavy (non-hydrogen) atoms. The number of hydrogen-bond acceptors (Lipinski definition) is 2. The summed E-state index contributed by atoms with van der Waals surface area (Å²) < 4.78 is 0. The van der Waals surface area contributed by atoms with Gasteiger partial charge in [-0.1, -0.05) is 37.8 Å². The number of nitrogens with zero attached hydrogens (tertiary/aromatic N) is 2. The minimum absolute atomic E-state index is 0.656. The van der Waals surface area contributed by atoms with Crippen LogP contribution in [0.15, 0.2) is 24.3 Å². The van der Waals surface area contributed by atoms with Crippen molar-refractivity contribution in [3.63, 3.8) is 0 Å². The molecule has 1 saturated heterocycles. The first-order valence-corrected chi connectivity index (χ1v) is 7.51. The van der Waals surface area contributed by atoms with Gasteiger partial charge in [0, 0.05) is 19.6 Å². The molecule has 1 aliphatic carbocycles. The van der Waals surface area contributed by atoms with E-state index in [2.05, 4.69) is 23.1 Å². The molecule has 0 amide bonds. The Hall–Kier alpha value is -1.33. The van der Waals surface area contributed by atoms with E-state index in [1.54, 1.807) is 0 Å². The molecule has 0 radical (unpaired) electrons. The van der Waals surface area contributed by atoms with Crippen molar-refractivity contribution in [1.82, 2.24) is 4.90 Å². The molecule has 1 aromatic carbocycles. The molecule has 1 spiro atoms. The van der Waals surface area contributed by atoms with Gasteiger partial charge in [0.15, 0.2) is 0 Å². The molecular weight excluding hydrogens is 232 g/mol. The van der Waals surface area contributed by atoms with Crippen molar-refractivity contribution >= 4 is 0 Å². The molecule has 1 saturated carbocycles. The molecule has 1 heterocycles. The average molecular weight is 254 g/mol. The van der Waals surface area contributed by atoms with Gasteiger partial charge in [-0.05, 0) is 36.0 Å². The van der Waals surface area contributed by atoms with E-state index in [-0.39, 0.29) is 0 Å². The van der Waals surface area contributed by atoms with Gasteiger partial charge in [-0.2, -0.15) is 5.26 Å². The van der Waals surface area contributed by atoms with Crippen LogP contribution in [0.2, 0.25) is 0 Å². The largest absolute Gasteiger partial charge is 0.298 e. The van der Waals surface area contributed by atoms with Crippen molar-refractivity contribution in [2.45, 2.75) is 45.1 Å². The van der Waals surface area contributed by atoms with Gasteiger partial charge in [-0.25, -0.2) is 0 Å². The predicted molar refractivity (Wildman–Crippen MR) is 76.6 cm³/mol. The monoisotopic (exact) mass is 254 g/mol. The summed E-state index contributed by atoms with van der Waals surface area (Å²) in [5, 5.41) is 8.80. The van der Waals surface area contributed by atoms with Crippen molar-refractivity contribution in [2.75, 3.05) is 13.1 Å². The smallest absolute Gasteiger partial charge is 0.0991 e. The van der Waals surface area contributed by atoms with Gasteiger partial charge in [0.1, 0.15) is 0 Å². The van der Waals surface area contributed by atoms with E-state index in [1.165, 1.54) is 57.2 Å². The molecule has 2 aliphatic rings. The van der Waals surface area contributed by atoms with Gasteiger partial charge in [0.25, 0.3) is 0 Å². The standard InChI is InChI=1S/C17H22N2/c18-11-15-5-7-16(8-6-15)12-19-13-17(14-19)9-3-1-2-4-10-17/h5-8H,1-4,9-10,12-14H2. The molecule has 3 rings (SSSR count). The lowest BCUT2D eigenvalue weighted by Crippen LogP contribution is -2.55. The quantitative estimate of drug-likeness (QED) is 0.804. The van der Waals surface area contributed by atoms with Crippen molar-refractivity contribution in [1.29, 1.82) is 5.26 Å². The summed E-state index contributed by atoms with van der Waals surface area (Å²) in [6.45, 7) is 3.62. The van der Waals surface area contributed by atoms with Crippen molar-refractivity contribution in [3.05, 3.63) is 35.4 Å². The van der Waals surface area contributed by atoms with Crippen molar-refractivity contribution < 1.29 is 0 Å². The van der Waals surface area contributed by atoms with Crippen LogP contribution in [0.25, 0.3) is 0 Å². The Morgan fingerprint density at radius 3 is 2.21 bits per heavy atom. The topological polar surface area (TPSA) is 27.0 Å². The van der Waals surface area contributed by atoms with E-state index in [0.717, 1.165) is 12.1 Å². The molecule has 1 aromatic rings. The van der Waals surface area contributed by atoms with Crippen LogP contribution in [0, 0.1) is 16.7 Å². The van der Waals surface area contributed by atoms with Gasteiger partial charge in [0.2, 0.25) is 0 Å². The highest BCUT2D eigenvalue weighted by molar-refractivity contribution is 5.31. The fourth-order valence-electron chi connectivity index (χ4n) is 3.75. The summed E-state index contributed by atoms with van der Waals surface area (Å²) in [6.07, 6.45) is 8.64. The molecule has 0 N–H and O–H groups in total. The van der Waals surface area contributed by atoms with Crippen LogP contribution in [-0.2, 0) is 6.54 Å². The fraction of sp³-hybridized carbons (Fsp3) is 0.588. The Morgan fingerprint density at radius 2 is 1.63 bits per heavy atom. The molecule has 2 heteroatoms. The molecular formula is C17H22N2. The van der Waals surface area contributed by atoms with Crippen LogP contribution in [-0.4, -0.2) is 18.0 Å². The second-order valence-corrected chi connectivity index (χ2v) is 6.37. The van der Waals surface area contributed by atoms with Gasteiger partial charge in [-0.15, -0.1) is 0 Å². The maximum atomic E-state index is 8.80. The van der Waals surface area contributed by atoms with Crippen LogP contribution in [0.1, 0.15) is 49.7 Å². The van der Waals surface area contributed by atoms with Gasteiger partial charge in [-0.3, -0.25) is 4.90 Å². The Bertz CT molecular complexity index is 453. The Balaban J connectivity index is 1.54. The SMILES string of the molecule is N#Cc1ccc(CN2CC3(CCCCCC3)C2)cc1. The molecule has 2 fully saturated rings. The second-order valence-electron chi connectivity index (χ2n) is 6.37. The third-order valence-electron chi connectivity index (χ3n) is 4.77. The number of hydrogen-bond donors (Lipinski definition) is 0. The maximum absolute atomic E-state index is 8.80. The molecule has 1 aliphatic heterocycles. The summed E-state index contributed by atoms with van der Waals surface area (Å²) in [6, 6.07) is 10.2. The lowest BCUT2D eigenvalue weighted by Gasteiger charge is -2.50. The lowest BCUT2D eigenvalue weighted by molar-refractivity contribution is -0.0176. The molecule has 0 atom stereocenters. The molecule has 0 unspecified atom stereocenters. The Labute approximate surface area is 116 Å². The van der Waals surface area contributed by atoms with E-state index < -0.39 is 0 Å². The van der Waals surface area contributed by atoms with Gasteiger partial charge < -0.3 is 0 Å². The van der Waals surface area contributed by atoms with E-state index in [4.69, 9.17) is 5.26 Å². The van der Waals surface area contributed by atoms with Crippen LogP contribution in [0.5, 0.6) is 0 Å². The molecule has 0 aromatic heterocycles. The van der Waals surface area contributed by atoms with E-state index in [1.807, 2.05) is 12.1 Å². The third kappa shape index (κ3) is 2.82. The first-order valence-electron chi connectivity index (χ1n) is 7.51. The van der Waals surface area contributed by atoms with Gasteiger partial charge in [0.05, 0.1) is 11.6 Å². The van der Waals surface area contributed by atoms with Crippen LogP contribution < -0.4 is 0 Å². The first-order chi connectivity index (χ1) is 9.30. The highest BCUT2D eigenvalue weighted by Gasteiger charge is 2.42. The third-order valence-corrected chi connectivity index (χ3v) is 4.77. The number of rotatable bonds is 2. The average Bonchev–Trinajstić information content (AvgIpc) is 2.65. The molecule has 0 bridgehead atoms. The minimum atomic E-state index is 0.656. The van der Waals surface area contributed by atoms with E-state index in [0.29, 0.717) is 5.41 Å². The summed E-state index contributed by atoms with van der Waals surface area (Å²) in [5.41, 5.74) is 2.75. The maximum Gasteiger partial charge on any atom is 0.0991 e. The summed E-state index contributed by atoms with van der Waals surface area (Å²) in [4.78, 5) is 2.56. The highest BCUT2D eigenvalue weighted by atomic mass is 15.2. The number of likely N-dealkylation sites (tertiary alicyclic amines) is 1. The first kappa shape index (κ1) is 12.7. The van der Waals surface area contributed by atoms with Gasteiger partial charge >= 0.3 is 0 Å². The van der Waals surface area contributed by atoms with Crippen LogP contribution in [0.4, 0.5) is 0 Å². The van der Waals surface area contributed by atoms with E-state index >= 15 is 0 Å². The zero-order valence-corrected chi connectivity index (χ0v) is 11.6. The predicted octanol–water partition coefficient (Wildman–Crippen LogP) is 3.71. The summed E-state index contributed by atoms with van der Waals surface area (Å²) in [5.74, 6) is 0. The van der Waals surface area contributed by atoms with Crippen LogP contribution in [0.3, 0.4) is 0 Å². The number of nitriles is 1. The van der Waals surface area contributed by atoms with Crippen molar-refractivity contribution in [2.24, 2.45) is 5.41 Å².